The molecule has 0 saturated carbocycles. The molecule has 7 heteroatoms. The molecule has 1 saturated heterocycles. The molecule has 1 fully saturated rings. The third-order valence-corrected chi connectivity index (χ3v) is 4.08. The first kappa shape index (κ1) is 17.0. The van der Waals surface area contributed by atoms with E-state index >= 15 is 0 Å². The van der Waals surface area contributed by atoms with Crippen LogP contribution >= 0.6 is 0 Å². The van der Waals surface area contributed by atoms with Crippen LogP contribution in [0.4, 0.5) is 10.5 Å². The Labute approximate surface area is 135 Å². The van der Waals surface area contributed by atoms with Crippen molar-refractivity contribution < 1.29 is 14.4 Å². The van der Waals surface area contributed by atoms with Gasteiger partial charge in [0.2, 0.25) is 5.91 Å². The van der Waals surface area contributed by atoms with Gasteiger partial charge < -0.3 is 16.0 Å². The maximum Gasteiger partial charge on any atom is 0.321 e. The van der Waals surface area contributed by atoms with Gasteiger partial charge in [0.25, 0.3) is 0 Å². The first-order valence-electron chi connectivity index (χ1n) is 7.59. The van der Waals surface area contributed by atoms with Gasteiger partial charge in [0.15, 0.2) is 5.78 Å². The molecule has 23 heavy (non-hydrogen) atoms. The lowest BCUT2D eigenvalue weighted by atomic mass is 10.1. The molecule has 1 aromatic carbocycles. The molecule has 2 rings (SSSR count). The number of amides is 3. The summed E-state index contributed by atoms with van der Waals surface area (Å²) in [7, 11) is 0. The van der Waals surface area contributed by atoms with Crippen molar-refractivity contribution in [2.24, 2.45) is 5.73 Å². The normalized spacial score (nSPS) is 16.7. The van der Waals surface area contributed by atoms with E-state index in [-0.39, 0.29) is 23.8 Å². The second-order valence-corrected chi connectivity index (χ2v) is 5.67. The first-order valence-corrected chi connectivity index (χ1v) is 7.59. The van der Waals surface area contributed by atoms with Crippen molar-refractivity contribution in [1.29, 1.82) is 0 Å². The van der Waals surface area contributed by atoms with Crippen molar-refractivity contribution in [3.63, 3.8) is 0 Å². The van der Waals surface area contributed by atoms with E-state index in [1.807, 2.05) is 4.90 Å². The van der Waals surface area contributed by atoms with Gasteiger partial charge in [-0.1, -0.05) is 12.1 Å². The predicted molar refractivity (Wildman–Crippen MR) is 87.3 cm³/mol. The minimum atomic E-state index is -0.357. The number of primary amides is 1. The zero-order chi connectivity index (χ0) is 17.0. The minimum absolute atomic E-state index is 0.0462. The number of urea groups is 1. The predicted octanol–water partition coefficient (Wildman–Crippen LogP) is 0.912. The minimum Gasteiger partial charge on any atom is -0.368 e. The fraction of sp³-hybridized carbons (Fsp3) is 0.438. The molecule has 124 valence electrons. The summed E-state index contributed by atoms with van der Waals surface area (Å²) in [5, 5.41) is 2.80. The molecule has 3 amide bonds. The summed E-state index contributed by atoms with van der Waals surface area (Å²) in [5.41, 5.74) is 6.45. The number of carbonyl (C=O) groups excluding carboxylic acids is 3. The standard InChI is InChI=1S/C16H22N4O3/c1-11(15(17)22)19-6-8-20(9-7-19)16(23)18-14-5-3-4-13(10-14)12(2)21/h3-5,10-11H,6-9H2,1-2H3,(H2,17,22)(H,18,23)/t11-/m1/s1. The molecule has 0 bridgehead atoms. The van der Waals surface area contributed by atoms with E-state index in [1.165, 1.54) is 6.92 Å². The van der Waals surface area contributed by atoms with Crippen LogP contribution < -0.4 is 11.1 Å². The van der Waals surface area contributed by atoms with Crippen molar-refractivity contribution >= 4 is 23.4 Å². The van der Waals surface area contributed by atoms with Gasteiger partial charge in [0.1, 0.15) is 0 Å². The Balaban J connectivity index is 1.92. The van der Waals surface area contributed by atoms with Crippen LogP contribution in [0, 0.1) is 0 Å². The van der Waals surface area contributed by atoms with E-state index < -0.39 is 0 Å². The summed E-state index contributed by atoms with van der Waals surface area (Å²) in [4.78, 5) is 38.5. The van der Waals surface area contributed by atoms with Gasteiger partial charge in [0.05, 0.1) is 6.04 Å². The van der Waals surface area contributed by atoms with Crippen molar-refractivity contribution in [2.45, 2.75) is 19.9 Å². The molecule has 0 aliphatic carbocycles. The number of carbonyl (C=O) groups is 3. The molecule has 1 atom stereocenters. The van der Waals surface area contributed by atoms with Crippen LogP contribution in [0.15, 0.2) is 24.3 Å². The number of benzene rings is 1. The van der Waals surface area contributed by atoms with Gasteiger partial charge in [-0.2, -0.15) is 0 Å². The highest BCUT2D eigenvalue weighted by molar-refractivity contribution is 5.96. The van der Waals surface area contributed by atoms with Gasteiger partial charge in [-0.15, -0.1) is 0 Å². The Morgan fingerprint density at radius 1 is 1.17 bits per heavy atom. The third kappa shape index (κ3) is 4.29. The summed E-state index contributed by atoms with van der Waals surface area (Å²) in [6.45, 7) is 5.51. The van der Waals surface area contributed by atoms with Crippen molar-refractivity contribution in [1.82, 2.24) is 9.80 Å². The van der Waals surface area contributed by atoms with E-state index in [9.17, 15) is 14.4 Å². The van der Waals surface area contributed by atoms with Crippen LogP contribution in [0.2, 0.25) is 0 Å². The average molecular weight is 318 g/mol. The highest BCUT2D eigenvalue weighted by Crippen LogP contribution is 2.13. The summed E-state index contributed by atoms with van der Waals surface area (Å²) in [5.74, 6) is -0.404. The molecule has 1 heterocycles. The number of ketones is 1. The molecular formula is C16H22N4O3. The average Bonchev–Trinajstić information content (AvgIpc) is 2.54. The van der Waals surface area contributed by atoms with Gasteiger partial charge in [0, 0.05) is 37.4 Å². The van der Waals surface area contributed by atoms with Gasteiger partial charge in [-0.3, -0.25) is 14.5 Å². The number of rotatable bonds is 4. The Morgan fingerprint density at radius 2 is 1.83 bits per heavy atom. The Bertz CT molecular complexity index is 609. The van der Waals surface area contributed by atoms with Crippen LogP contribution in [-0.2, 0) is 4.79 Å². The van der Waals surface area contributed by atoms with E-state index in [1.54, 1.807) is 36.1 Å². The van der Waals surface area contributed by atoms with E-state index in [4.69, 9.17) is 5.73 Å². The lowest BCUT2D eigenvalue weighted by Crippen LogP contribution is -2.55. The maximum atomic E-state index is 12.3. The van der Waals surface area contributed by atoms with Crippen molar-refractivity contribution in [2.75, 3.05) is 31.5 Å². The Hall–Kier alpha value is -2.41. The number of nitrogens with zero attached hydrogens (tertiary/aromatic N) is 2. The SMILES string of the molecule is CC(=O)c1cccc(NC(=O)N2CCN([C@H](C)C(N)=O)CC2)c1. The lowest BCUT2D eigenvalue weighted by molar-refractivity contribution is -0.123. The quantitative estimate of drug-likeness (QED) is 0.807. The molecule has 0 aromatic heterocycles. The van der Waals surface area contributed by atoms with Crippen LogP contribution in [0.3, 0.4) is 0 Å². The molecule has 7 nitrogen and oxygen atoms in total. The Morgan fingerprint density at radius 3 is 2.39 bits per heavy atom. The topological polar surface area (TPSA) is 95.7 Å². The molecule has 1 aliphatic heterocycles. The monoisotopic (exact) mass is 318 g/mol. The summed E-state index contributed by atoms with van der Waals surface area (Å²) in [6.07, 6.45) is 0. The van der Waals surface area contributed by atoms with Gasteiger partial charge in [-0.25, -0.2) is 4.79 Å². The van der Waals surface area contributed by atoms with Crippen LogP contribution in [0.25, 0.3) is 0 Å². The Kier molecular flexibility index (Phi) is 5.33. The van der Waals surface area contributed by atoms with E-state index in [0.29, 0.717) is 37.4 Å². The van der Waals surface area contributed by atoms with Gasteiger partial charge >= 0.3 is 6.03 Å². The van der Waals surface area contributed by atoms with Crippen molar-refractivity contribution in [3.05, 3.63) is 29.8 Å². The number of Topliss-reactive ketones (excluding diaryl/α,β-unsaturated/α-hetero) is 1. The van der Waals surface area contributed by atoms with Crippen LogP contribution in [0.1, 0.15) is 24.2 Å². The summed E-state index contributed by atoms with van der Waals surface area (Å²) >= 11 is 0. The lowest BCUT2D eigenvalue weighted by Gasteiger charge is -2.36. The molecule has 0 unspecified atom stereocenters. The van der Waals surface area contributed by atoms with Crippen LogP contribution in [0.5, 0.6) is 0 Å². The molecule has 3 N–H and O–H groups in total. The third-order valence-electron chi connectivity index (χ3n) is 4.08. The zero-order valence-corrected chi connectivity index (χ0v) is 13.4. The molecule has 1 aliphatic rings. The molecule has 1 aromatic rings. The van der Waals surface area contributed by atoms with E-state index in [0.717, 1.165) is 0 Å². The maximum absolute atomic E-state index is 12.3. The summed E-state index contributed by atoms with van der Waals surface area (Å²) < 4.78 is 0. The fourth-order valence-electron chi connectivity index (χ4n) is 2.51. The highest BCUT2D eigenvalue weighted by Gasteiger charge is 2.26. The summed E-state index contributed by atoms with van der Waals surface area (Å²) in [6, 6.07) is 6.31. The molecular weight excluding hydrogens is 296 g/mol. The number of piperazine rings is 1. The molecule has 0 radical (unpaired) electrons. The number of nitrogens with two attached hydrogens (primary N) is 1. The number of anilines is 1. The number of nitrogens with one attached hydrogen (secondary N) is 1. The van der Waals surface area contributed by atoms with Crippen LogP contribution in [-0.4, -0.2) is 59.7 Å². The van der Waals surface area contributed by atoms with Gasteiger partial charge in [-0.05, 0) is 26.0 Å². The highest BCUT2D eigenvalue weighted by atomic mass is 16.2. The second kappa shape index (κ2) is 7.23. The number of hydrogen-bond acceptors (Lipinski definition) is 4. The zero-order valence-electron chi connectivity index (χ0n) is 13.4. The largest absolute Gasteiger partial charge is 0.368 e. The number of hydrogen-bond donors (Lipinski definition) is 2. The fourth-order valence-corrected chi connectivity index (χ4v) is 2.51. The molecule has 0 spiro atoms. The van der Waals surface area contributed by atoms with E-state index in [2.05, 4.69) is 5.32 Å². The smallest absolute Gasteiger partial charge is 0.321 e. The van der Waals surface area contributed by atoms with Crippen molar-refractivity contribution in [3.8, 4) is 0 Å². The second-order valence-electron chi connectivity index (χ2n) is 5.67. The first-order chi connectivity index (χ1) is 10.9.